The Morgan fingerprint density at radius 3 is 2.56 bits per heavy atom. The molecule has 0 bridgehead atoms. The minimum atomic E-state index is -0.876. The molecule has 1 N–H and O–H groups in total. The van der Waals surface area contributed by atoms with Crippen LogP contribution in [0.25, 0.3) is 0 Å². The third kappa shape index (κ3) is 3.89. The summed E-state index contributed by atoms with van der Waals surface area (Å²) in [7, 11) is 0. The zero-order chi connectivity index (χ0) is 13.7. The predicted molar refractivity (Wildman–Crippen MR) is 70.9 cm³/mol. The summed E-state index contributed by atoms with van der Waals surface area (Å²) in [4.78, 5) is 23.1. The summed E-state index contributed by atoms with van der Waals surface area (Å²) in [5, 5.41) is 3.29. The molecule has 0 saturated carbocycles. The molecule has 1 aromatic carbocycles. The quantitative estimate of drug-likeness (QED) is 0.684. The van der Waals surface area contributed by atoms with Gasteiger partial charge in [0.2, 0.25) is 5.91 Å². The molecule has 1 unspecified atom stereocenters. The normalized spacial score (nSPS) is 11.8. The van der Waals surface area contributed by atoms with Gasteiger partial charge in [-0.05, 0) is 32.0 Å². The van der Waals surface area contributed by atoms with Gasteiger partial charge in [-0.1, -0.05) is 23.2 Å². The highest BCUT2D eigenvalue weighted by atomic mass is 35.5. The highest BCUT2D eigenvalue weighted by Gasteiger charge is 2.22. The van der Waals surface area contributed by atoms with Crippen LogP contribution in [-0.4, -0.2) is 18.5 Å². The molecule has 0 fully saturated rings. The minimum absolute atomic E-state index is 0.239. The molecule has 1 rings (SSSR count). The van der Waals surface area contributed by atoms with Crippen LogP contribution in [0.1, 0.15) is 13.8 Å². The number of esters is 1. The predicted octanol–water partition coefficient (Wildman–Crippen LogP) is 3.13. The summed E-state index contributed by atoms with van der Waals surface area (Å²) >= 11 is 11.6. The van der Waals surface area contributed by atoms with E-state index in [9.17, 15) is 9.59 Å². The van der Waals surface area contributed by atoms with Crippen molar-refractivity contribution >= 4 is 40.8 Å². The van der Waals surface area contributed by atoms with E-state index in [2.05, 4.69) is 5.32 Å². The van der Waals surface area contributed by atoms with E-state index in [-0.39, 0.29) is 6.61 Å². The number of hydrogen-bond acceptors (Lipinski definition) is 3. The molecule has 0 aliphatic carbocycles. The topological polar surface area (TPSA) is 55.4 Å². The number of carbonyl (C=O) groups excluding carboxylic acids is 2. The van der Waals surface area contributed by atoms with E-state index in [4.69, 9.17) is 27.9 Å². The Kier molecular flexibility index (Phi) is 5.44. The molecule has 4 nitrogen and oxygen atoms in total. The van der Waals surface area contributed by atoms with Gasteiger partial charge in [-0.3, -0.25) is 9.59 Å². The van der Waals surface area contributed by atoms with Gasteiger partial charge in [0.15, 0.2) is 0 Å². The van der Waals surface area contributed by atoms with E-state index < -0.39 is 17.8 Å². The van der Waals surface area contributed by atoms with Gasteiger partial charge >= 0.3 is 5.97 Å². The molecule has 0 heterocycles. The number of anilines is 1. The van der Waals surface area contributed by atoms with E-state index in [1.54, 1.807) is 19.1 Å². The third-order valence-corrected chi connectivity index (χ3v) is 2.96. The van der Waals surface area contributed by atoms with Crippen LogP contribution in [0.5, 0.6) is 0 Å². The number of hydrogen-bond donors (Lipinski definition) is 1. The summed E-state index contributed by atoms with van der Waals surface area (Å²) in [6.45, 7) is 3.40. The summed E-state index contributed by atoms with van der Waals surface area (Å²) in [5.41, 5.74) is 0.477. The highest BCUT2D eigenvalue weighted by molar-refractivity contribution is 6.42. The molecule has 0 aromatic heterocycles. The maximum atomic E-state index is 11.7. The Morgan fingerprint density at radius 1 is 1.33 bits per heavy atom. The fraction of sp³-hybridized carbons (Fsp3) is 0.333. The number of benzene rings is 1. The molecular weight excluding hydrogens is 277 g/mol. The van der Waals surface area contributed by atoms with Crippen LogP contribution >= 0.6 is 23.2 Å². The second-order valence-electron chi connectivity index (χ2n) is 3.59. The van der Waals surface area contributed by atoms with Crippen molar-refractivity contribution in [3.05, 3.63) is 28.2 Å². The molecule has 98 valence electrons. The maximum Gasteiger partial charge on any atom is 0.318 e. The number of halogens is 2. The first-order valence-electron chi connectivity index (χ1n) is 5.38. The van der Waals surface area contributed by atoms with Crippen LogP contribution in [0.3, 0.4) is 0 Å². The smallest absolute Gasteiger partial charge is 0.318 e. The lowest BCUT2D eigenvalue weighted by atomic mass is 10.1. The lowest BCUT2D eigenvalue weighted by molar-refractivity contribution is -0.150. The molecule has 18 heavy (non-hydrogen) atoms. The SMILES string of the molecule is CCOC(=O)C(C)C(=O)Nc1ccc(Cl)c(Cl)c1. The van der Waals surface area contributed by atoms with Gasteiger partial charge < -0.3 is 10.1 Å². The molecular formula is C12H13Cl2NO3. The molecule has 0 radical (unpaired) electrons. The Balaban J connectivity index is 2.69. The van der Waals surface area contributed by atoms with E-state index >= 15 is 0 Å². The largest absolute Gasteiger partial charge is 0.465 e. The fourth-order valence-corrected chi connectivity index (χ4v) is 1.50. The van der Waals surface area contributed by atoms with Gasteiger partial charge in [0, 0.05) is 5.69 Å². The fourth-order valence-electron chi connectivity index (χ4n) is 1.20. The van der Waals surface area contributed by atoms with Gasteiger partial charge in [0.05, 0.1) is 16.7 Å². The Labute approximate surface area is 115 Å². The van der Waals surface area contributed by atoms with Gasteiger partial charge in [-0.15, -0.1) is 0 Å². The zero-order valence-corrected chi connectivity index (χ0v) is 11.5. The molecule has 0 aliphatic rings. The number of amides is 1. The lowest BCUT2D eigenvalue weighted by Gasteiger charge is -2.11. The van der Waals surface area contributed by atoms with Crippen LogP contribution in [0.4, 0.5) is 5.69 Å². The van der Waals surface area contributed by atoms with Gasteiger partial charge in [-0.2, -0.15) is 0 Å². The molecule has 0 spiro atoms. The third-order valence-electron chi connectivity index (χ3n) is 2.22. The van der Waals surface area contributed by atoms with Crippen molar-refractivity contribution in [1.82, 2.24) is 0 Å². The average Bonchev–Trinajstić information content (AvgIpc) is 2.33. The second kappa shape index (κ2) is 6.61. The summed E-state index contributed by atoms with van der Waals surface area (Å²) in [6.07, 6.45) is 0. The number of nitrogens with one attached hydrogen (secondary N) is 1. The first-order chi connectivity index (χ1) is 8.45. The van der Waals surface area contributed by atoms with Crippen molar-refractivity contribution in [3.63, 3.8) is 0 Å². The number of rotatable bonds is 4. The van der Waals surface area contributed by atoms with Crippen molar-refractivity contribution < 1.29 is 14.3 Å². The van der Waals surface area contributed by atoms with E-state index in [0.29, 0.717) is 15.7 Å². The van der Waals surface area contributed by atoms with Gasteiger partial charge in [-0.25, -0.2) is 0 Å². The molecule has 0 saturated heterocycles. The first kappa shape index (κ1) is 14.8. The van der Waals surface area contributed by atoms with Gasteiger partial charge in [0.1, 0.15) is 5.92 Å². The Hall–Kier alpha value is -1.26. The maximum absolute atomic E-state index is 11.7. The molecule has 1 amide bonds. The molecule has 1 aromatic rings. The van der Waals surface area contributed by atoms with E-state index in [1.807, 2.05) is 0 Å². The van der Waals surface area contributed by atoms with Crippen molar-refractivity contribution in [2.24, 2.45) is 5.92 Å². The highest BCUT2D eigenvalue weighted by Crippen LogP contribution is 2.25. The van der Waals surface area contributed by atoms with Crippen molar-refractivity contribution in [2.75, 3.05) is 11.9 Å². The molecule has 0 aliphatic heterocycles. The molecule has 1 atom stereocenters. The van der Waals surface area contributed by atoms with Crippen LogP contribution < -0.4 is 5.32 Å². The lowest BCUT2D eigenvalue weighted by Crippen LogP contribution is -2.28. The molecule has 6 heteroatoms. The number of ether oxygens (including phenoxy) is 1. The average molecular weight is 290 g/mol. The van der Waals surface area contributed by atoms with Crippen LogP contribution in [0.2, 0.25) is 10.0 Å². The Morgan fingerprint density at radius 2 is 2.00 bits per heavy atom. The first-order valence-corrected chi connectivity index (χ1v) is 6.13. The summed E-state index contributed by atoms with van der Waals surface area (Å²) in [5.74, 6) is -1.89. The van der Waals surface area contributed by atoms with E-state index in [0.717, 1.165) is 0 Å². The van der Waals surface area contributed by atoms with Crippen LogP contribution in [0.15, 0.2) is 18.2 Å². The monoisotopic (exact) mass is 289 g/mol. The Bertz CT molecular complexity index is 463. The van der Waals surface area contributed by atoms with Crippen molar-refractivity contribution in [1.29, 1.82) is 0 Å². The van der Waals surface area contributed by atoms with Crippen LogP contribution in [-0.2, 0) is 14.3 Å². The van der Waals surface area contributed by atoms with E-state index in [1.165, 1.54) is 13.0 Å². The van der Waals surface area contributed by atoms with Gasteiger partial charge in [0.25, 0.3) is 0 Å². The minimum Gasteiger partial charge on any atom is -0.465 e. The zero-order valence-electron chi connectivity index (χ0n) is 10.00. The summed E-state index contributed by atoms with van der Waals surface area (Å²) in [6, 6.07) is 4.68. The number of carbonyl (C=O) groups is 2. The standard InChI is InChI=1S/C12H13Cl2NO3/c1-3-18-12(17)7(2)11(16)15-8-4-5-9(13)10(14)6-8/h4-7H,3H2,1-2H3,(H,15,16). The van der Waals surface area contributed by atoms with Crippen molar-refractivity contribution in [2.45, 2.75) is 13.8 Å². The van der Waals surface area contributed by atoms with Crippen LogP contribution in [0, 0.1) is 5.92 Å². The summed E-state index contributed by atoms with van der Waals surface area (Å²) < 4.78 is 4.76. The second-order valence-corrected chi connectivity index (χ2v) is 4.41. The van der Waals surface area contributed by atoms with Crippen molar-refractivity contribution in [3.8, 4) is 0 Å².